The Morgan fingerprint density at radius 1 is 1.17 bits per heavy atom. The fourth-order valence-electron chi connectivity index (χ4n) is 3.05. The maximum absolute atomic E-state index is 3.45. The summed E-state index contributed by atoms with van der Waals surface area (Å²) in [5, 5.41) is 3.45. The van der Waals surface area contributed by atoms with Crippen LogP contribution in [0, 0.1) is 16.7 Å². The van der Waals surface area contributed by atoms with Crippen LogP contribution in [-0.2, 0) is 0 Å². The third-order valence-electron chi connectivity index (χ3n) is 3.83. The fraction of sp³-hybridized carbons (Fsp3) is 1.00. The molecule has 1 N–H and O–H groups in total. The molecule has 0 aromatic rings. The van der Waals surface area contributed by atoms with E-state index in [1.807, 2.05) is 0 Å². The minimum absolute atomic E-state index is 0.553. The second-order valence-corrected chi connectivity index (χ2v) is 5.74. The molecule has 0 aromatic carbocycles. The molecule has 70 valence electrons. The molecule has 0 amide bonds. The van der Waals surface area contributed by atoms with E-state index in [0.717, 1.165) is 11.3 Å². The molecule has 1 saturated heterocycles. The zero-order valence-corrected chi connectivity index (χ0v) is 8.61. The molecule has 0 radical (unpaired) electrons. The van der Waals surface area contributed by atoms with Crippen LogP contribution in [0.15, 0.2) is 0 Å². The Hall–Kier alpha value is -0.0400. The average Bonchev–Trinajstić information content (AvgIpc) is 2.65. The molecule has 2 aliphatic rings. The Bertz CT molecular complexity index is 172. The summed E-state index contributed by atoms with van der Waals surface area (Å²) in [5.74, 6) is 1.01. The second kappa shape index (κ2) is 2.47. The highest BCUT2D eigenvalue weighted by molar-refractivity contribution is 5.08. The number of hydrogen-bond donors (Lipinski definition) is 1. The van der Waals surface area contributed by atoms with Crippen LogP contribution in [-0.4, -0.2) is 13.1 Å². The van der Waals surface area contributed by atoms with Gasteiger partial charge in [-0.3, -0.25) is 0 Å². The van der Waals surface area contributed by atoms with Crippen LogP contribution in [0.1, 0.15) is 40.0 Å². The Morgan fingerprint density at radius 3 is 2.17 bits per heavy atom. The summed E-state index contributed by atoms with van der Waals surface area (Å²) < 4.78 is 0. The molecule has 1 aliphatic heterocycles. The minimum atomic E-state index is 0.553. The molecule has 1 unspecified atom stereocenters. The lowest BCUT2D eigenvalue weighted by Crippen LogP contribution is -2.31. The number of rotatable bonds is 0. The zero-order valence-electron chi connectivity index (χ0n) is 8.61. The standard InChI is InChI=1S/C11H21N/c1-10(2,3)9-8-11(9)4-6-12-7-5-11/h9,12H,4-8H2,1-3H3. The van der Waals surface area contributed by atoms with Gasteiger partial charge in [-0.1, -0.05) is 20.8 Å². The fourth-order valence-corrected chi connectivity index (χ4v) is 3.05. The molecular weight excluding hydrogens is 146 g/mol. The predicted octanol–water partition coefficient (Wildman–Crippen LogP) is 2.42. The van der Waals surface area contributed by atoms with Crippen molar-refractivity contribution in [2.75, 3.05) is 13.1 Å². The monoisotopic (exact) mass is 167 g/mol. The summed E-state index contributed by atoms with van der Waals surface area (Å²) in [6.07, 6.45) is 4.35. The van der Waals surface area contributed by atoms with Crippen molar-refractivity contribution in [2.45, 2.75) is 40.0 Å². The van der Waals surface area contributed by atoms with Gasteiger partial charge in [-0.2, -0.15) is 0 Å². The maximum Gasteiger partial charge on any atom is -0.00435 e. The van der Waals surface area contributed by atoms with Gasteiger partial charge in [0, 0.05) is 0 Å². The van der Waals surface area contributed by atoms with Gasteiger partial charge in [0.15, 0.2) is 0 Å². The van der Waals surface area contributed by atoms with Crippen molar-refractivity contribution >= 4 is 0 Å². The molecule has 2 rings (SSSR count). The maximum atomic E-state index is 3.45. The molecule has 2 fully saturated rings. The highest BCUT2D eigenvalue weighted by Gasteiger charge is 2.58. The topological polar surface area (TPSA) is 12.0 Å². The van der Waals surface area contributed by atoms with Crippen molar-refractivity contribution in [3.63, 3.8) is 0 Å². The first-order chi connectivity index (χ1) is 5.55. The van der Waals surface area contributed by atoms with E-state index in [1.54, 1.807) is 0 Å². The molecular formula is C11H21N. The van der Waals surface area contributed by atoms with Crippen LogP contribution in [0.2, 0.25) is 0 Å². The van der Waals surface area contributed by atoms with Gasteiger partial charge in [0.05, 0.1) is 0 Å². The summed E-state index contributed by atoms with van der Waals surface area (Å²) in [6.45, 7) is 9.70. The van der Waals surface area contributed by atoms with Crippen LogP contribution < -0.4 is 5.32 Å². The van der Waals surface area contributed by atoms with E-state index in [-0.39, 0.29) is 0 Å². The van der Waals surface area contributed by atoms with Gasteiger partial charge in [-0.25, -0.2) is 0 Å². The van der Waals surface area contributed by atoms with Crippen LogP contribution in [0.25, 0.3) is 0 Å². The lowest BCUT2D eigenvalue weighted by Gasteiger charge is -2.28. The largest absolute Gasteiger partial charge is 0.317 e. The van der Waals surface area contributed by atoms with E-state index >= 15 is 0 Å². The molecule has 1 heterocycles. The third-order valence-corrected chi connectivity index (χ3v) is 3.83. The molecule has 1 nitrogen and oxygen atoms in total. The van der Waals surface area contributed by atoms with Gasteiger partial charge >= 0.3 is 0 Å². The van der Waals surface area contributed by atoms with Crippen molar-refractivity contribution in [3.05, 3.63) is 0 Å². The van der Waals surface area contributed by atoms with Crippen LogP contribution >= 0.6 is 0 Å². The van der Waals surface area contributed by atoms with Gasteiger partial charge in [0.25, 0.3) is 0 Å². The lowest BCUT2D eigenvalue weighted by atomic mass is 9.81. The summed E-state index contributed by atoms with van der Waals surface area (Å²) in [4.78, 5) is 0. The van der Waals surface area contributed by atoms with Gasteiger partial charge in [-0.15, -0.1) is 0 Å². The molecule has 1 atom stereocenters. The van der Waals surface area contributed by atoms with Crippen molar-refractivity contribution in [2.24, 2.45) is 16.7 Å². The van der Waals surface area contributed by atoms with Crippen molar-refractivity contribution in [1.82, 2.24) is 5.32 Å². The van der Waals surface area contributed by atoms with Crippen LogP contribution in [0.5, 0.6) is 0 Å². The van der Waals surface area contributed by atoms with Crippen molar-refractivity contribution in [3.8, 4) is 0 Å². The molecule has 1 saturated carbocycles. The SMILES string of the molecule is CC(C)(C)C1CC12CCNCC2. The molecule has 0 aromatic heterocycles. The van der Waals surface area contributed by atoms with E-state index in [9.17, 15) is 0 Å². The van der Waals surface area contributed by atoms with Gasteiger partial charge in [0.1, 0.15) is 0 Å². The Kier molecular flexibility index (Phi) is 1.76. The Morgan fingerprint density at radius 2 is 1.75 bits per heavy atom. The van der Waals surface area contributed by atoms with Crippen LogP contribution in [0.4, 0.5) is 0 Å². The van der Waals surface area contributed by atoms with E-state index in [2.05, 4.69) is 26.1 Å². The number of piperidine rings is 1. The zero-order chi connectivity index (χ0) is 8.82. The smallest absolute Gasteiger partial charge is 0.00435 e. The highest BCUT2D eigenvalue weighted by atomic mass is 14.9. The minimum Gasteiger partial charge on any atom is -0.317 e. The van der Waals surface area contributed by atoms with Gasteiger partial charge < -0.3 is 5.32 Å². The highest BCUT2D eigenvalue weighted by Crippen LogP contribution is 2.65. The van der Waals surface area contributed by atoms with Crippen molar-refractivity contribution in [1.29, 1.82) is 0 Å². The van der Waals surface area contributed by atoms with E-state index in [4.69, 9.17) is 0 Å². The summed E-state index contributed by atoms with van der Waals surface area (Å²) >= 11 is 0. The predicted molar refractivity (Wildman–Crippen MR) is 52.1 cm³/mol. The Balaban J connectivity index is 1.99. The van der Waals surface area contributed by atoms with E-state index in [0.29, 0.717) is 5.41 Å². The number of hydrogen-bond acceptors (Lipinski definition) is 1. The molecule has 12 heavy (non-hydrogen) atoms. The first-order valence-electron chi connectivity index (χ1n) is 5.25. The molecule has 0 bridgehead atoms. The van der Waals surface area contributed by atoms with E-state index in [1.165, 1.54) is 32.4 Å². The first-order valence-corrected chi connectivity index (χ1v) is 5.25. The molecule has 1 spiro atoms. The van der Waals surface area contributed by atoms with E-state index < -0.39 is 0 Å². The number of nitrogens with one attached hydrogen (secondary N) is 1. The van der Waals surface area contributed by atoms with Crippen molar-refractivity contribution < 1.29 is 0 Å². The summed E-state index contributed by atoms with van der Waals surface area (Å²) in [6, 6.07) is 0. The first kappa shape index (κ1) is 8.55. The summed E-state index contributed by atoms with van der Waals surface area (Å²) in [5.41, 5.74) is 1.32. The second-order valence-electron chi connectivity index (χ2n) is 5.74. The molecule has 1 heteroatoms. The normalized spacial score (nSPS) is 33.8. The van der Waals surface area contributed by atoms with Crippen LogP contribution in [0.3, 0.4) is 0 Å². The quantitative estimate of drug-likeness (QED) is 0.584. The molecule has 1 aliphatic carbocycles. The third kappa shape index (κ3) is 1.28. The lowest BCUT2D eigenvalue weighted by molar-refractivity contribution is 0.235. The average molecular weight is 167 g/mol. The summed E-state index contributed by atoms with van der Waals surface area (Å²) in [7, 11) is 0. The van der Waals surface area contributed by atoms with Gasteiger partial charge in [0.2, 0.25) is 0 Å². The Labute approximate surface area is 75.9 Å². The van der Waals surface area contributed by atoms with Gasteiger partial charge in [-0.05, 0) is 49.1 Å².